The zero-order valence-corrected chi connectivity index (χ0v) is 40.6. The molecule has 4 aromatic rings. The summed E-state index contributed by atoms with van der Waals surface area (Å²) in [7, 11) is 0. The van der Waals surface area contributed by atoms with Crippen LogP contribution < -0.4 is 32.1 Å². The number of aliphatic hydroxyl groups is 1. The first-order valence-electron chi connectivity index (χ1n) is 24.1. The van der Waals surface area contributed by atoms with E-state index in [2.05, 4.69) is 26.6 Å². The molecular weight excluding hydrogens is 968 g/mol. The van der Waals surface area contributed by atoms with Crippen molar-refractivity contribution in [3.05, 3.63) is 110 Å². The molecule has 2 aromatic heterocycles. The Morgan fingerprint density at radius 3 is 2.35 bits per heavy atom. The molecule has 74 heavy (non-hydrogen) atoms. The second-order valence-corrected chi connectivity index (χ2v) is 18.0. The second kappa shape index (κ2) is 23.0. The van der Waals surface area contributed by atoms with Crippen LogP contribution >= 0.6 is 0 Å². The number of aromatic nitrogens is 2. The van der Waals surface area contributed by atoms with Crippen molar-refractivity contribution in [3.8, 4) is 11.4 Å². The predicted octanol–water partition coefficient (Wildman–Crippen LogP) is 0.0291. The Kier molecular flexibility index (Phi) is 16.3. The molecular formula is C51H55FN8O14. The van der Waals surface area contributed by atoms with Crippen LogP contribution in [0.1, 0.15) is 71.2 Å². The number of imide groups is 1. The topological polar surface area (TPSA) is 292 Å². The lowest BCUT2D eigenvalue weighted by molar-refractivity contribution is -0.172. The van der Waals surface area contributed by atoms with Crippen LogP contribution in [0.15, 0.2) is 59.4 Å². The minimum Gasteiger partial charge on any atom is -0.458 e. The summed E-state index contributed by atoms with van der Waals surface area (Å²) < 4.78 is 38.3. The first-order chi connectivity index (χ1) is 35.6. The van der Waals surface area contributed by atoms with Gasteiger partial charge in [0.25, 0.3) is 17.4 Å². The van der Waals surface area contributed by atoms with Crippen molar-refractivity contribution < 1.29 is 66.8 Å². The highest BCUT2D eigenvalue weighted by Crippen LogP contribution is 2.46. The molecule has 1 aliphatic carbocycles. The van der Waals surface area contributed by atoms with E-state index >= 15 is 4.39 Å². The van der Waals surface area contributed by atoms with E-state index in [4.69, 9.17) is 23.9 Å². The van der Waals surface area contributed by atoms with E-state index in [1.165, 1.54) is 22.8 Å². The van der Waals surface area contributed by atoms with Gasteiger partial charge in [0.15, 0.2) is 5.60 Å². The molecule has 8 rings (SSSR count). The van der Waals surface area contributed by atoms with Gasteiger partial charge in [-0.25, -0.2) is 14.2 Å². The fraction of sp³-hybridized carbons (Fsp3) is 0.412. The Morgan fingerprint density at radius 1 is 0.878 bits per heavy atom. The van der Waals surface area contributed by atoms with Gasteiger partial charge >= 0.3 is 5.97 Å². The minimum absolute atomic E-state index is 0.0270. The number of rotatable bonds is 23. The summed E-state index contributed by atoms with van der Waals surface area (Å²) in [6, 6.07) is 9.95. The normalized spacial score (nSPS) is 17.5. The summed E-state index contributed by atoms with van der Waals surface area (Å²) in [5.74, 6) is -5.17. The number of esters is 1. The SMILES string of the molecule is CC[C@@]1(O)C(=O)OCc2c1cc1n(c2=O)Cc2c-1nc1cc(F)c(C)c3c1c2[C@@H](NC(=O)COCNC(=O)CNC(=O)[C@H](Cc1ccccc1)NC(=O)CNC(=O)CCOCCOCCN1C(=O)C=CC1=O)CC3. The van der Waals surface area contributed by atoms with Gasteiger partial charge in [0.05, 0.1) is 81.1 Å². The van der Waals surface area contributed by atoms with Gasteiger partial charge in [0, 0.05) is 47.6 Å². The monoisotopic (exact) mass is 1020 g/mol. The summed E-state index contributed by atoms with van der Waals surface area (Å²) in [4.78, 5) is 121. The Balaban J connectivity index is 0.801. The fourth-order valence-corrected chi connectivity index (χ4v) is 9.43. The van der Waals surface area contributed by atoms with E-state index in [1.54, 1.807) is 50.2 Å². The zero-order chi connectivity index (χ0) is 52.7. The molecule has 0 spiro atoms. The number of ether oxygens (including phenoxy) is 4. The number of hydrogen-bond acceptors (Lipinski definition) is 15. The van der Waals surface area contributed by atoms with Gasteiger partial charge in [-0.2, -0.15) is 0 Å². The van der Waals surface area contributed by atoms with Crippen LogP contribution in [0, 0.1) is 12.7 Å². The third-order valence-corrected chi connectivity index (χ3v) is 13.3. The number of fused-ring (bicyclic) bond motifs is 5. The number of benzene rings is 2. The highest BCUT2D eigenvalue weighted by atomic mass is 19.1. The highest BCUT2D eigenvalue weighted by Gasteiger charge is 2.46. The highest BCUT2D eigenvalue weighted by molar-refractivity contribution is 6.12. The summed E-state index contributed by atoms with van der Waals surface area (Å²) >= 11 is 0. The number of carbonyl (C=O) groups is 8. The second-order valence-electron chi connectivity index (χ2n) is 18.0. The number of amides is 7. The van der Waals surface area contributed by atoms with Crippen molar-refractivity contribution in [3.63, 3.8) is 0 Å². The molecule has 6 N–H and O–H groups in total. The number of pyridine rings is 2. The van der Waals surface area contributed by atoms with Gasteiger partial charge in [0.1, 0.15) is 31.8 Å². The fourth-order valence-electron chi connectivity index (χ4n) is 9.43. The number of aryl methyl sites for hydroxylation is 1. The smallest absolute Gasteiger partial charge is 0.343 e. The van der Waals surface area contributed by atoms with Crippen molar-refractivity contribution in [2.45, 2.75) is 76.8 Å². The maximum atomic E-state index is 15.4. The molecule has 23 heteroatoms. The largest absolute Gasteiger partial charge is 0.458 e. The van der Waals surface area contributed by atoms with Crippen LogP contribution in [-0.2, 0) is 88.9 Å². The third kappa shape index (κ3) is 11.4. The average Bonchev–Trinajstić information content (AvgIpc) is 3.93. The van der Waals surface area contributed by atoms with Crippen molar-refractivity contribution in [2.24, 2.45) is 0 Å². The Hall–Kier alpha value is -7.73. The molecule has 0 bridgehead atoms. The maximum Gasteiger partial charge on any atom is 0.343 e. The number of nitrogens with one attached hydrogen (secondary N) is 5. The summed E-state index contributed by atoms with van der Waals surface area (Å²) in [6.45, 7) is 1.74. The molecule has 5 heterocycles. The van der Waals surface area contributed by atoms with Gasteiger partial charge in [-0.05, 0) is 54.5 Å². The minimum atomic E-state index is -2.05. The Morgan fingerprint density at radius 2 is 1.61 bits per heavy atom. The zero-order valence-electron chi connectivity index (χ0n) is 40.6. The molecule has 0 saturated carbocycles. The van der Waals surface area contributed by atoms with Gasteiger partial charge in [-0.3, -0.25) is 43.3 Å². The Labute approximate surface area is 422 Å². The van der Waals surface area contributed by atoms with Gasteiger partial charge in [-0.1, -0.05) is 37.3 Å². The van der Waals surface area contributed by atoms with Gasteiger partial charge < -0.3 is 55.2 Å². The molecule has 7 amide bonds. The summed E-state index contributed by atoms with van der Waals surface area (Å²) in [5.41, 5.74) is 1.91. The standard InChI is InChI=1S/C51H55FN8O14/c1-3-51(70)33-20-38-47-31(24-60(38)49(68)32(33)25-74-50(51)69)46-35(10-9-30-28(2)34(52)21-36(58-47)45(30)46)56-42(64)26-73-27-55-40(62)22-54-48(67)37(19-29-7-5-4-6-8-29)57-41(63)23-53-39(61)13-15-71-17-18-72-16-14-59-43(65)11-12-44(59)66/h4-8,11-12,20-21,35,37,70H,3,9-10,13-19,22-27H2,1-2H3,(H,53,61)(H,54,67)(H,55,62)(H,56,64)(H,57,63)/t35-,37-,51-/m0/s1. The number of nitrogens with zero attached hydrogens (tertiary/aromatic N) is 3. The van der Waals surface area contributed by atoms with E-state index in [0.717, 1.165) is 10.5 Å². The molecule has 0 fully saturated rings. The van der Waals surface area contributed by atoms with Crippen LogP contribution in [-0.4, -0.2) is 132 Å². The van der Waals surface area contributed by atoms with Crippen molar-refractivity contribution in [2.75, 3.05) is 59.4 Å². The van der Waals surface area contributed by atoms with E-state index < -0.39 is 103 Å². The predicted molar refractivity (Wildman–Crippen MR) is 258 cm³/mol. The van der Waals surface area contributed by atoms with Crippen molar-refractivity contribution >= 4 is 58.2 Å². The third-order valence-electron chi connectivity index (χ3n) is 13.3. The van der Waals surface area contributed by atoms with Crippen LogP contribution in [0.5, 0.6) is 0 Å². The summed E-state index contributed by atoms with van der Waals surface area (Å²) in [6.07, 6.45) is 3.10. The lowest BCUT2D eigenvalue weighted by atomic mass is 9.81. The van der Waals surface area contributed by atoms with E-state index in [9.17, 15) is 48.3 Å². The Bertz CT molecular complexity index is 3000. The lowest BCUT2D eigenvalue weighted by Crippen LogP contribution is -2.52. The van der Waals surface area contributed by atoms with Crippen LogP contribution in [0.3, 0.4) is 0 Å². The van der Waals surface area contributed by atoms with Crippen LogP contribution in [0.25, 0.3) is 22.3 Å². The van der Waals surface area contributed by atoms with Gasteiger partial charge in [-0.15, -0.1) is 0 Å². The first kappa shape index (κ1) is 52.6. The van der Waals surface area contributed by atoms with Crippen molar-refractivity contribution in [1.29, 1.82) is 0 Å². The van der Waals surface area contributed by atoms with E-state index in [1.807, 2.05) is 0 Å². The number of carbonyl (C=O) groups excluding carboxylic acids is 8. The molecule has 22 nitrogen and oxygen atoms in total. The van der Waals surface area contributed by atoms with Gasteiger partial charge in [0.2, 0.25) is 29.5 Å². The van der Waals surface area contributed by atoms with Crippen molar-refractivity contribution in [1.82, 2.24) is 41.0 Å². The molecule has 3 atom stereocenters. The number of halogens is 1. The molecule has 4 aliphatic rings. The van der Waals surface area contributed by atoms with E-state index in [-0.39, 0.29) is 76.5 Å². The first-order valence-corrected chi connectivity index (χ1v) is 24.1. The molecule has 0 saturated heterocycles. The number of cyclic esters (lactones) is 1. The molecule has 0 unspecified atom stereocenters. The molecule has 0 radical (unpaired) electrons. The molecule has 2 aromatic carbocycles. The average molecular weight is 1020 g/mol. The maximum absolute atomic E-state index is 15.4. The molecule has 3 aliphatic heterocycles. The van der Waals surface area contributed by atoms with Crippen LogP contribution in [0.2, 0.25) is 0 Å². The number of hydrogen-bond donors (Lipinski definition) is 6. The lowest BCUT2D eigenvalue weighted by Gasteiger charge is -2.31. The summed E-state index contributed by atoms with van der Waals surface area (Å²) in [5, 5.41) is 25.0. The van der Waals surface area contributed by atoms with E-state index in [0.29, 0.717) is 57.4 Å². The molecule has 390 valence electrons. The quantitative estimate of drug-likeness (QED) is 0.0218. The van der Waals surface area contributed by atoms with Crippen LogP contribution in [0.4, 0.5) is 4.39 Å².